The molecule has 0 radical (unpaired) electrons. The van der Waals surface area contributed by atoms with Crippen LogP contribution in [-0.4, -0.2) is 20.9 Å². The number of anilines is 1. The molecule has 21 heavy (non-hydrogen) atoms. The second kappa shape index (κ2) is 4.83. The molecule has 0 amide bonds. The fourth-order valence-corrected chi connectivity index (χ4v) is 2.61. The molecular formula is C14H13F2N3O2. The smallest absolute Gasteiger partial charge is 0.341 e. The summed E-state index contributed by atoms with van der Waals surface area (Å²) in [6, 6.07) is 2.86. The molecule has 2 aromatic rings. The number of hydrogen-bond donors (Lipinski definition) is 2. The molecule has 1 aromatic heterocycles. The van der Waals surface area contributed by atoms with Crippen LogP contribution in [0.5, 0.6) is 0 Å². The van der Waals surface area contributed by atoms with Gasteiger partial charge in [-0.2, -0.15) is 5.10 Å². The van der Waals surface area contributed by atoms with Gasteiger partial charge in [-0.15, -0.1) is 0 Å². The predicted octanol–water partition coefficient (Wildman–Crippen LogP) is 2.59. The van der Waals surface area contributed by atoms with Crippen molar-refractivity contribution in [3.05, 3.63) is 46.7 Å². The molecule has 0 saturated carbocycles. The molecule has 7 heteroatoms. The number of nitrogens with zero attached hydrogens (tertiary/aromatic N) is 2. The lowest BCUT2D eigenvalue weighted by Gasteiger charge is -2.12. The Kier molecular flexibility index (Phi) is 3.12. The molecule has 0 unspecified atom stereocenters. The Balaban J connectivity index is 1.96. The number of carboxylic acid groups (broad SMARTS) is 1. The third-order valence-corrected chi connectivity index (χ3v) is 3.53. The van der Waals surface area contributed by atoms with Gasteiger partial charge >= 0.3 is 5.97 Å². The molecule has 110 valence electrons. The number of aryl methyl sites for hydroxylation is 1. The summed E-state index contributed by atoms with van der Waals surface area (Å²) in [4.78, 5) is 11.3. The van der Waals surface area contributed by atoms with Gasteiger partial charge in [0.05, 0.1) is 18.3 Å². The number of hydrogen-bond acceptors (Lipinski definition) is 3. The second-order valence-corrected chi connectivity index (χ2v) is 4.91. The van der Waals surface area contributed by atoms with Gasteiger partial charge in [-0.3, -0.25) is 0 Å². The van der Waals surface area contributed by atoms with E-state index >= 15 is 0 Å². The highest BCUT2D eigenvalue weighted by molar-refractivity contribution is 5.95. The second-order valence-electron chi connectivity index (χ2n) is 4.91. The molecule has 2 heterocycles. The number of nitrogens with one attached hydrogen (secondary N) is 1. The number of carbonyl (C=O) groups is 1. The predicted molar refractivity (Wildman–Crippen MR) is 71.3 cm³/mol. The molecule has 5 nitrogen and oxygen atoms in total. The zero-order valence-electron chi connectivity index (χ0n) is 11.2. The van der Waals surface area contributed by atoms with Gasteiger partial charge in [-0.25, -0.2) is 18.3 Å². The van der Waals surface area contributed by atoms with E-state index in [4.69, 9.17) is 0 Å². The van der Waals surface area contributed by atoms with Crippen LogP contribution in [0.3, 0.4) is 0 Å². The number of rotatable bonds is 3. The van der Waals surface area contributed by atoms with Crippen molar-refractivity contribution in [2.24, 2.45) is 0 Å². The van der Waals surface area contributed by atoms with E-state index in [0.717, 1.165) is 6.07 Å². The standard InChI is InChI=1S/C14H13F2N3O2/c1-2-10-12(14(20)21)13-17-11(6-19(13)18-10)7-3-8(15)5-9(16)4-7/h3-5,11,17H,2,6H2,1H3,(H,20,21)/t11-/m1/s1. The van der Waals surface area contributed by atoms with E-state index in [1.54, 1.807) is 0 Å². The minimum atomic E-state index is -1.06. The van der Waals surface area contributed by atoms with Gasteiger partial charge in [0, 0.05) is 6.07 Å². The summed E-state index contributed by atoms with van der Waals surface area (Å²) in [6.07, 6.45) is 0.503. The van der Waals surface area contributed by atoms with Gasteiger partial charge in [-0.05, 0) is 24.1 Å². The van der Waals surface area contributed by atoms with Crippen molar-refractivity contribution in [3.63, 3.8) is 0 Å². The van der Waals surface area contributed by atoms with Gasteiger partial charge in [0.25, 0.3) is 0 Å². The topological polar surface area (TPSA) is 67.2 Å². The average molecular weight is 293 g/mol. The van der Waals surface area contributed by atoms with E-state index in [2.05, 4.69) is 10.4 Å². The Morgan fingerprint density at radius 1 is 1.43 bits per heavy atom. The summed E-state index contributed by atoms with van der Waals surface area (Å²) >= 11 is 0. The quantitative estimate of drug-likeness (QED) is 0.912. The van der Waals surface area contributed by atoms with Gasteiger partial charge in [0.2, 0.25) is 0 Å². The lowest BCUT2D eigenvalue weighted by atomic mass is 10.1. The van der Waals surface area contributed by atoms with Crippen LogP contribution in [0.2, 0.25) is 0 Å². The fraction of sp³-hybridized carbons (Fsp3) is 0.286. The molecule has 3 rings (SSSR count). The molecule has 1 aromatic carbocycles. The molecule has 0 saturated heterocycles. The molecular weight excluding hydrogens is 280 g/mol. The van der Waals surface area contributed by atoms with E-state index in [-0.39, 0.29) is 5.56 Å². The number of carboxylic acids is 1. The molecule has 0 aliphatic carbocycles. The maximum atomic E-state index is 13.3. The first-order chi connectivity index (χ1) is 9.99. The van der Waals surface area contributed by atoms with Crippen LogP contribution in [0.25, 0.3) is 0 Å². The maximum Gasteiger partial charge on any atom is 0.341 e. The van der Waals surface area contributed by atoms with Crippen LogP contribution in [0, 0.1) is 11.6 Å². The van der Waals surface area contributed by atoms with Crippen LogP contribution in [0.15, 0.2) is 18.2 Å². The van der Waals surface area contributed by atoms with Gasteiger partial charge in [0.15, 0.2) is 0 Å². The van der Waals surface area contributed by atoms with E-state index in [9.17, 15) is 18.7 Å². The lowest BCUT2D eigenvalue weighted by Crippen LogP contribution is -2.11. The highest BCUT2D eigenvalue weighted by Crippen LogP contribution is 2.33. The van der Waals surface area contributed by atoms with Crippen LogP contribution in [-0.2, 0) is 13.0 Å². The number of halogens is 2. The number of benzene rings is 1. The van der Waals surface area contributed by atoms with Gasteiger partial charge in [-0.1, -0.05) is 6.92 Å². The van der Waals surface area contributed by atoms with Crippen molar-refractivity contribution in [1.82, 2.24) is 9.78 Å². The van der Waals surface area contributed by atoms with Crippen molar-refractivity contribution < 1.29 is 18.7 Å². The van der Waals surface area contributed by atoms with Crippen molar-refractivity contribution in [2.75, 3.05) is 5.32 Å². The third-order valence-electron chi connectivity index (χ3n) is 3.53. The first-order valence-electron chi connectivity index (χ1n) is 6.55. The Morgan fingerprint density at radius 3 is 2.67 bits per heavy atom. The highest BCUT2D eigenvalue weighted by atomic mass is 19.1. The molecule has 0 bridgehead atoms. The van der Waals surface area contributed by atoms with Crippen LogP contribution >= 0.6 is 0 Å². The minimum absolute atomic E-state index is 0.122. The van der Waals surface area contributed by atoms with Crippen molar-refractivity contribution in [1.29, 1.82) is 0 Å². The Bertz CT molecular complexity index is 707. The molecule has 1 aliphatic heterocycles. The summed E-state index contributed by atoms with van der Waals surface area (Å²) < 4.78 is 28.1. The van der Waals surface area contributed by atoms with E-state index in [0.29, 0.717) is 30.0 Å². The van der Waals surface area contributed by atoms with Crippen molar-refractivity contribution in [2.45, 2.75) is 25.9 Å². The molecule has 1 atom stereocenters. The molecule has 2 N–H and O–H groups in total. The monoisotopic (exact) mass is 293 g/mol. The number of aromatic nitrogens is 2. The first kappa shape index (κ1) is 13.5. The normalized spacial score (nSPS) is 16.6. The first-order valence-corrected chi connectivity index (χ1v) is 6.55. The molecule has 0 spiro atoms. The van der Waals surface area contributed by atoms with E-state index < -0.39 is 23.6 Å². The molecule has 1 aliphatic rings. The lowest BCUT2D eigenvalue weighted by molar-refractivity contribution is 0.0697. The summed E-state index contributed by atoms with van der Waals surface area (Å²) in [5, 5.41) is 16.5. The Labute approximate surface area is 119 Å². The van der Waals surface area contributed by atoms with Gasteiger partial charge < -0.3 is 10.4 Å². The van der Waals surface area contributed by atoms with Crippen molar-refractivity contribution >= 4 is 11.8 Å². The largest absolute Gasteiger partial charge is 0.477 e. The van der Waals surface area contributed by atoms with E-state index in [1.165, 1.54) is 16.8 Å². The number of aromatic carboxylic acids is 1. The van der Waals surface area contributed by atoms with Crippen LogP contribution in [0.1, 0.15) is 34.6 Å². The van der Waals surface area contributed by atoms with Gasteiger partial charge in [0.1, 0.15) is 23.0 Å². The summed E-state index contributed by atoms with van der Waals surface area (Å²) in [7, 11) is 0. The Hall–Kier alpha value is -2.44. The minimum Gasteiger partial charge on any atom is -0.477 e. The number of fused-ring (bicyclic) bond motifs is 1. The third kappa shape index (κ3) is 2.24. The van der Waals surface area contributed by atoms with Crippen LogP contribution < -0.4 is 5.32 Å². The maximum absolute atomic E-state index is 13.3. The SMILES string of the molecule is CCc1nn2c(c1C(=O)O)N[C@@H](c1cc(F)cc(F)c1)C2. The summed E-state index contributed by atoms with van der Waals surface area (Å²) in [5.41, 5.74) is 1.04. The average Bonchev–Trinajstić information content (AvgIpc) is 2.93. The summed E-state index contributed by atoms with van der Waals surface area (Å²) in [6.45, 7) is 2.16. The zero-order chi connectivity index (χ0) is 15.1. The fourth-order valence-electron chi connectivity index (χ4n) is 2.61. The molecule has 0 fully saturated rings. The van der Waals surface area contributed by atoms with Crippen LogP contribution in [0.4, 0.5) is 14.6 Å². The zero-order valence-corrected chi connectivity index (χ0v) is 11.2. The summed E-state index contributed by atoms with van der Waals surface area (Å²) in [5.74, 6) is -2.01. The van der Waals surface area contributed by atoms with E-state index in [1.807, 2.05) is 6.92 Å². The van der Waals surface area contributed by atoms with Crippen molar-refractivity contribution in [3.8, 4) is 0 Å². The Morgan fingerprint density at radius 2 is 2.10 bits per heavy atom. The highest BCUT2D eigenvalue weighted by Gasteiger charge is 2.31.